The molecule has 0 aliphatic heterocycles. The summed E-state index contributed by atoms with van der Waals surface area (Å²) in [7, 11) is 0. The van der Waals surface area contributed by atoms with Gasteiger partial charge in [-0.25, -0.2) is 0 Å². The van der Waals surface area contributed by atoms with Gasteiger partial charge in [0.05, 0.1) is 0 Å². The van der Waals surface area contributed by atoms with Gasteiger partial charge >= 0.3 is 5.97 Å². The average molecular weight is 289 g/mol. The molecule has 1 aliphatic rings. The first-order valence-corrected chi connectivity index (χ1v) is 7.57. The second kappa shape index (κ2) is 6.74. The first-order valence-electron chi connectivity index (χ1n) is 7.57. The van der Waals surface area contributed by atoms with Crippen molar-refractivity contribution < 1.29 is 14.7 Å². The van der Waals surface area contributed by atoms with Gasteiger partial charge in [-0.3, -0.25) is 9.59 Å². The first kappa shape index (κ1) is 15.5. The lowest BCUT2D eigenvalue weighted by atomic mass is 9.70. The number of amides is 1. The Morgan fingerprint density at radius 2 is 1.90 bits per heavy atom. The molecule has 0 bridgehead atoms. The van der Waals surface area contributed by atoms with E-state index in [0.29, 0.717) is 12.3 Å². The second-order valence-corrected chi connectivity index (χ2v) is 6.21. The van der Waals surface area contributed by atoms with Gasteiger partial charge in [-0.1, -0.05) is 26.0 Å². The fourth-order valence-corrected chi connectivity index (χ4v) is 2.85. The smallest absolute Gasteiger partial charge is 0.303 e. The monoisotopic (exact) mass is 289 g/mol. The number of aliphatic carboxylic acids is 1. The SMILES string of the molecule is CC1CC([C@H](C)C(=O)Nc2ccc(CCC(=O)O)cc2)C1. The van der Waals surface area contributed by atoms with Crippen molar-refractivity contribution in [3.05, 3.63) is 29.8 Å². The van der Waals surface area contributed by atoms with Crippen LogP contribution in [-0.2, 0) is 16.0 Å². The maximum absolute atomic E-state index is 12.2. The minimum atomic E-state index is -0.795. The van der Waals surface area contributed by atoms with Crippen LogP contribution >= 0.6 is 0 Å². The summed E-state index contributed by atoms with van der Waals surface area (Å²) in [5.74, 6) is 0.586. The summed E-state index contributed by atoms with van der Waals surface area (Å²) in [5, 5.41) is 11.6. The van der Waals surface area contributed by atoms with Crippen molar-refractivity contribution in [2.75, 3.05) is 5.32 Å². The molecule has 4 heteroatoms. The number of hydrogen-bond acceptors (Lipinski definition) is 2. The highest BCUT2D eigenvalue weighted by Crippen LogP contribution is 2.38. The lowest BCUT2D eigenvalue weighted by Crippen LogP contribution is -2.34. The second-order valence-electron chi connectivity index (χ2n) is 6.21. The van der Waals surface area contributed by atoms with E-state index in [-0.39, 0.29) is 18.2 Å². The third-order valence-corrected chi connectivity index (χ3v) is 4.38. The van der Waals surface area contributed by atoms with Crippen LogP contribution < -0.4 is 5.32 Å². The van der Waals surface area contributed by atoms with Gasteiger partial charge in [-0.2, -0.15) is 0 Å². The standard InChI is InChI=1S/C17H23NO3/c1-11-9-14(10-11)12(2)17(21)18-15-6-3-13(4-7-15)5-8-16(19)20/h3-4,6-7,11-12,14H,5,8-10H2,1-2H3,(H,18,21)(H,19,20)/t11?,12-,14?/m0/s1. The van der Waals surface area contributed by atoms with E-state index in [1.54, 1.807) is 0 Å². The van der Waals surface area contributed by atoms with Gasteiger partial charge in [0.1, 0.15) is 0 Å². The Bertz CT molecular complexity index is 503. The molecule has 0 radical (unpaired) electrons. The third-order valence-electron chi connectivity index (χ3n) is 4.38. The highest BCUT2D eigenvalue weighted by Gasteiger charge is 2.33. The highest BCUT2D eigenvalue weighted by atomic mass is 16.4. The molecular weight excluding hydrogens is 266 g/mol. The molecule has 1 aromatic carbocycles. The molecule has 1 aromatic rings. The van der Waals surface area contributed by atoms with Crippen LogP contribution in [0.3, 0.4) is 0 Å². The van der Waals surface area contributed by atoms with E-state index in [1.165, 1.54) is 0 Å². The molecule has 0 spiro atoms. The molecule has 114 valence electrons. The number of carbonyl (C=O) groups excluding carboxylic acids is 1. The van der Waals surface area contributed by atoms with Gasteiger partial charge in [0.25, 0.3) is 0 Å². The summed E-state index contributed by atoms with van der Waals surface area (Å²) in [5.41, 5.74) is 1.74. The molecule has 4 nitrogen and oxygen atoms in total. The zero-order valence-corrected chi connectivity index (χ0v) is 12.6. The number of carbonyl (C=O) groups is 2. The van der Waals surface area contributed by atoms with Crippen molar-refractivity contribution in [1.29, 1.82) is 0 Å². The zero-order valence-electron chi connectivity index (χ0n) is 12.6. The number of rotatable bonds is 6. The van der Waals surface area contributed by atoms with Gasteiger partial charge in [0, 0.05) is 18.0 Å². The molecule has 1 fully saturated rings. The van der Waals surface area contributed by atoms with Gasteiger partial charge in [0.2, 0.25) is 5.91 Å². The van der Waals surface area contributed by atoms with E-state index in [1.807, 2.05) is 31.2 Å². The maximum atomic E-state index is 12.2. The fraction of sp³-hybridized carbons (Fsp3) is 0.529. The molecule has 2 rings (SSSR count). The average Bonchev–Trinajstić information content (AvgIpc) is 2.42. The maximum Gasteiger partial charge on any atom is 0.303 e. The number of nitrogens with one attached hydrogen (secondary N) is 1. The van der Waals surface area contributed by atoms with E-state index in [2.05, 4.69) is 12.2 Å². The predicted octanol–water partition coefficient (Wildman–Crippen LogP) is 3.32. The minimum absolute atomic E-state index is 0.0490. The summed E-state index contributed by atoms with van der Waals surface area (Å²) in [6.45, 7) is 4.21. The fourth-order valence-electron chi connectivity index (χ4n) is 2.85. The van der Waals surface area contributed by atoms with Crippen molar-refractivity contribution >= 4 is 17.6 Å². The molecule has 0 saturated heterocycles. The van der Waals surface area contributed by atoms with Crippen LogP contribution in [0.15, 0.2) is 24.3 Å². The largest absolute Gasteiger partial charge is 0.481 e. The Hall–Kier alpha value is -1.84. The number of aryl methyl sites for hydroxylation is 1. The third kappa shape index (κ3) is 4.31. The Morgan fingerprint density at radius 1 is 1.29 bits per heavy atom. The van der Waals surface area contributed by atoms with E-state index in [0.717, 1.165) is 30.0 Å². The van der Waals surface area contributed by atoms with Gasteiger partial charge in [-0.15, -0.1) is 0 Å². The summed E-state index contributed by atoms with van der Waals surface area (Å²) in [6.07, 6.45) is 2.92. The van der Waals surface area contributed by atoms with Gasteiger partial charge in [-0.05, 0) is 48.8 Å². The van der Waals surface area contributed by atoms with Crippen LogP contribution in [0, 0.1) is 17.8 Å². The summed E-state index contributed by atoms with van der Waals surface area (Å²) < 4.78 is 0. The molecule has 0 aromatic heterocycles. The minimum Gasteiger partial charge on any atom is -0.481 e. The molecule has 2 N–H and O–H groups in total. The summed E-state index contributed by atoms with van der Waals surface area (Å²) >= 11 is 0. The Labute approximate surface area is 125 Å². The van der Waals surface area contributed by atoms with Crippen LogP contribution in [0.1, 0.15) is 38.7 Å². The molecule has 0 unspecified atom stereocenters. The van der Waals surface area contributed by atoms with Crippen LogP contribution in [0.2, 0.25) is 0 Å². The van der Waals surface area contributed by atoms with Crippen LogP contribution in [-0.4, -0.2) is 17.0 Å². The Kier molecular flexibility index (Phi) is 4.99. The summed E-state index contributed by atoms with van der Waals surface area (Å²) in [4.78, 5) is 22.7. The van der Waals surface area contributed by atoms with E-state index >= 15 is 0 Å². The Balaban J connectivity index is 1.84. The predicted molar refractivity (Wildman–Crippen MR) is 82.1 cm³/mol. The van der Waals surface area contributed by atoms with Crippen molar-refractivity contribution in [2.45, 2.75) is 39.5 Å². The van der Waals surface area contributed by atoms with Crippen LogP contribution in [0.25, 0.3) is 0 Å². The first-order chi connectivity index (χ1) is 9.95. The zero-order chi connectivity index (χ0) is 15.4. The molecule has 21 heavy (non-hydrogen) atoms. The van der Waals surface area contributed by atoms with Crippen molar-refractivity contribution in [3.63, 3.8) is 0 Å². The normalized spacial score (nSPS) is 22.2. The number of hydrogen-bond donors (Lipinski definition) is 2. The van der Waals surface area contributed by atoms with Crippen molar-refractivity contribution in [1.82, 2.24) is 0 Å². The Morgan fingerprint density at radius 3 is 2.43 bits per heavy atom. The van der Waals surface area contributed by atoms with E-state index < -0.39 is 5.97 Å². The number of anilines is 1. The number of benzene rings is 1. The highest BCUT2D eigenvalue weighted by molar-refractivity contribution is 5.92. The molecule has 1 aliphatic carbocycles. The molecular formula is C17H23NO3. The van der Waals surface area contributed by atoms with Crippen LogP contribution in [0.4, 0.5) is 5.69 Å². The van der Waals surface area contributed by atoms with Crippen LogP contribution in [0.5, 0.6) is 0 Å². The quantitative estimate of drug-likeness (QED) is 0.844. The molecule has 1 atom stereocenters. The topological polar surface area (TPSA) is 66.4 Å². The number of carboxylic acids is 1. The van der Waals surface area contributed by atoms with E-state index in [4.69, 9.17) is 5.11 Å². The lowest BCUT2D eigenvalue weighted by Gasteiger charge is -2.36. The lowest BCUT2D eigenvalue weighted by molar-refractivity contribution is -0.137. The van der Waals surface area contributed by atoms with Gasteiger partial charge < -0.3 is 10.4 Å². The molecule has 1 amide bonds. The van der Waals surface area contributed by atoms with Crippen molar-refractivity contribution in [2.24, 2.45) is 17.8 Å². The number of carboxylic acid groups (broad SMARTS) is 1. The van der Waals surface area contributed by atoms with E-state index in [9.17, 15) is 9.59 Å². The summed E-state index contributed by atoms with van der Waals surface area (Å²) in [6, 6.07) is 7.42. The molecule has 1 saturated carbocycles. The van der Waals surface area contributed by atoms with Crippen molar-refractivity contribution in [3.8, 4) is 0 Å². The molecule has 0 heterocycles. The van der Waals surface area contributed by atoms with Gasteiger partial charge in [0.15, 0.2) is 0 Å².